The van der Waals surface area contributed by atoms with Crippen molar-refractivity contribution in [3.8, 4) is 0 Å². The van der Waals surface area contributed by atoms with Crippen LogP contribution in [0, 0.1) is 0 Å². The SMILES string of the molecule is C[C@@H](NC(=O)c1ccc(Cl)nc1)c1ccc(Br)cc1. The molecule has 3 nitrogen and oxygen atoms in total. The van der Waals surface area contributed by atoms with Crippen LogP contribution in [0.1, 0.15) is 28.9 Å². The summed E-state index contributed by atoms with van der Waals surface area (Å²) in [6, 6.07) is 11.0. The quantitative estimate of drug-likeness (QED) is 0.859. The molecule has 2 rings (SSSR count). The minimum Gasteiger partial charge on any atom is -0.345 e. The van der Waals surface area contributed by atoms with Gasteiger partial charge in [-0.15, -0.1) is 0 Å². The lowest BCUT2D eigenvalue weighted by Gasteiger charge is -2.14. The summed E-state index contributed by atoms with van der Waals surface area (Å²) in [6.45, 7) is 1.94. The fraction of sp³-hybridized carbons (Fsp3) is 0.143. The number of halogens is 2. The Kier molecular flexibility index (Phi) is 4.56. The van der Waals surface area contributed by atoms with Crippen molar-refractivity contribution in [2.75, 3.05) is 0 Å². The highest BCUT2D eigenvalue weighted by Crippen LogP contribution is 2.17. The van der Waals surface area contributed by atoms with Crippen LogP contribution in [-0.4, -0.2) is 10.9 Å². The molecule has 1 N–H and O–H groups in total. The Balaban J connectivity index is 2.06. The zero-order chi connectivity index (χ0) is 13.8. The zero-order valence-corrected chi connectivity index (χ0v) is 12.6. The zero-order valence-electron chi connectivity index (χ0n) is 10.2. The van der Waals surface area contributed by atoms with Gasteiger partial charge in [0.15, 0.2) is 0 Å². The van der Waals surface area contributed by atoms with Crippen molar-refractivity contribution in [2.45, 2.75) is 13.0 Å². The minimum atomic E-state index is -0.167. The van der Waals surface area contributed by atoms with E-state index >= 15 is 0 Å². The number of carbonyl (C=O) groups excluding carboxylic acids is 1. The van der Waals surface area contributed by atoms with Crippen molar-refractivity contribution in [2.24, 2.45) is 0 Å². The summed E-state index contributed by atoms with van der Waals surface area (Å²) in [5.41, 5.74) is 1.53. The molecule has 2 aromatic rings. The molecule has 0 radical (unpaired) electrons. The van der Waals surface area contributed by atoms with Crippen molar-refractivity contribution >= 4 is 33.4 Å². The molecule has 0 saturated carbocycles. The second-order valence-corrected chi connectivity index (χ2v) is 5.42. The third kappa shape index (κ3) is 3.78. The molecule has 0 unspecified atom stereocenters. The Morgan fingerprint density at radius 2 is 1.95 bits per heavy atom. The van der Waals surface area contributed by atoms with Gasteiger partial charge in [0.2, 0.25) is 0 Å². The average molecular weight is 340 g/mol. The van der Waals surface area contributed by atoms with Gasteiger partial charge in [-0.05, 0) is 36.8 Å². The fourth-order valence-corrected chi connectivity index (χ4v) is 2.00. The Morgan fingerprint density at radius 3 is 2.53 bits per heavy atom. The average Bonchev–Trinajstić information content (AvgIpc) is 2.40. The second-order valence-electron chi connectivity index (χ2n) is 4.12. The number of aromatic nitrogens is 1. The van der Waals surface area contributed by atoms with Gasteiger partial charge in [0.1, 0.15) is 5.15 Å². The van der Waals surface area contributed by atoms with Crippen molar-refractivity contribution in [1.29, 1.82) is 0 Å². The summed E-state index contributed by atoms with van der Waals surface area (Å²) in [5.74, 6) is -0.167. The van der Waals surface area contributed by atoms with Gasteiger partial charge >= 0.3 is 0 Å². The first kappa shape index (κ1) is 14.0. The highest BCUT2D eigenvalue weighted by atomic mass is 79.9. The van der Waals surface area contributed by atoms with Gasteiger partial charge in [0, 0.05) is 10.7 Å². The maximum Gasteiger partial charge on any atom is 0.253 e. The third-order valence-electron chi connectivity index (χ3n) is 2.71. The molecule has 1 amide bonds. The van der Waals surface area contributed by atoms with E-state index in [1.165, 1.54) is 6.20 Å². The second kappa shape index (κ2) is 6.17. The number of amides is 1. The Labute approximate surface area is 125 Å². The van der Waals surface area contributed by atoms with Crippen molar-refractivity contribution < 1.29 is 4.79 Å². The topological polar surface area (TPSA) is 42.0 Å². The van der Waals surface area contributed by atoms with Gasteiger partial charge in [-0.1, -0.05) is 39.7 Å². The van der Waals surface area contributed by atoms with Crippen LogP contribution >= 0.6 is 27.5 Å². The number of nitrogens with one attached hydrogen (secondary N) is 1. The first-order chi connectivity index (χ1) is 9.06. The van der Waals surface area contributed by atoms with Gasteiger partial charge in [-0.25, -0.2) is 4.98 Å². The van der Waals surface area contributed by atoms with Crippen molar-refractivity contribution in [3.63, 3.8) is 0 Å². The van der Waals surface area contributed by atoms with Crippen molar-refractivity contribution in [1.82, 2.24) is 10.3 Å². The lowest BCUT2D eigenvalue weighted by molar-refractivity contribution is 0.0939. The molecule has 1 aromatic heterocycles. The van der Waals surface area contributed by atoms with Crippen LogP contribution in [0.5, 0.6) is 0 Å². The summed E-state index contributed by atoms with van der Waals surface area (Å²) in [4.78, 5) is 15.9. The van der Waals surface area contributed by atoms with Crippen LogP contribution in [0.4, 0.5) is 0 Å². The molecular weight excluding hydrogens is 328 g/mol. The molecule has 0 aliphatic carbocycles. The molecule has 0 saturated heterocycles. The number of rotatable bonds is 3. The third-order valence-corrected chi connectivity index (χ3v) is 3.46. The number of benzene rings is 1. The van der Waals surface area contributed by atoms with Crippen LogP contribution in [0.15, 0.2) is 47.1 Å². The Hall–Kier alpha value is -1.39. The van der Waals surface area contributed by atoms with Gasteiger partial charge in [0.05, 0.1) is 11.6 Å². The van der Waals surface area contributed by atoms with E-state index in [9.17, 15) is 4.79 Å². The van der Waals surface area contributed by atoms with E-state index < -0.39 is 0 Å². The molecule has 0 fully saturated rings. The Morgan fingerprint density at radius 1 is 1.26 bits per heavy atom. The molecule has 5 heteroatoms. The number of pyridine rings is 1. The molecule has 1 heterocycles. The highest BCUT2D eigenvalue weighted by Gasteiger charge is 2.11. The van der Waals surface area contributed by atoms with E-state index in [4.69, 9.17) is 11.6 Å². The maximum atomic E-state index is 12.0. The van der Waals surface area contributed by atoms with E-state index in [0.717, 1.165) is 10.0 Å². The predicted octanol–water partition coefficient (Wildman–Crippen LogP) is 3.99. The summed E-state index contributed by atoms with van der Waals surface area (Å²) in [7, 11) is 0. The van der Waals surface area contributed by atoms with Crippen LogP contribution in [-0.2, 0) is 0 Å². The van der Waals surface area contributed by atoms with Crippen molar-refractivity contribution in [3.05, 3.63) is 63.3 Å². The smallest absolute Gasteiger partial charge is 0.253 e. The van der Waals surface area contributed by atoms with Gasteiger partial charge in [-0.2, -0.15) is 0 Å². The molecule has 1 atom stereocenters. The standard InChI is InChI=1S/C14H12BrClN2O/c1-9(10-2-5-12(15)6-3-10)18-14(19)11-4-7-13(16)17-8-11/h2-9H,1H3,(H,18,19)/t9-/m1/s1. The van der Waals surface area contributed by atoms with Crippen LogP contribution in [0.3, 0.4) is 0 Å². The lowest BCUT2D eigenvalue weighted by atomic mass is 10.1. The van der Waals surface area contributed by atoms with Crippen LogP contribution in [0.2, 0.25) is 5.15 Å². The Bertz CT molecular complexity index is 569. The summed E-state index contributed by atoms with van der Waals surface area (Å²) < 4.78 is 1.01. The molecule has 0 spiro atoms. The van der Waals surface area contributed by atoms with E-state index in [0.29, 0.717) is 10.7 Å². The van der Waals surface area contributed by atoms with Crippen LogP contribution < -0.4 is 5.32 Å². The lowest BCUT2D eigenvalue weighted by Crippen LogP contribution is -2.26. The minimum absolute atomic E-state index is 0.0729. The molecule has 98 valence electrons. The number of hydrogen-bond acceptors (Lipinski definition) is 2. The monoisotopic (exact) mass is 338 g/mol. The largest absolute Gasteiger partial charge is 0.345 e. The summed E-state index contributed by atoms with van der Waals surface area (Å²) in [6.07, 6.45) is 1.46. The van der Waals surface area contributed by atoms with E-state index in [1.807, 2.05) is 31.2 Å². The molecule has 1 aromatic carbocycles. The molecule has 19 heavy (non-hydrogen) atoms. The molecule has 0 aliphatic heterocycles. The number of nitrogens with zero attached hydrogens (tertiary/aromatic N) is 1. The summed E-state index contributed by atoms with van der Waals surface area (Å²) in [5, 5.41) is 3.29. The normalized spacial score (nSPS) is 11.9. The van der Waals surface area contributed by atoms with Gasteiger partial charge < -0.3 is 5.32 Å². The van der Waals surface area contributed by atoms with E-state index in [1.54, 1.807) is 12.1 Å². The molecular formula is C14H12BrClN2O. The number of hydrogen-bond donors (Lipinski definition) is 1. The number of carbonyl (C=O) groups is 1. The predicted molar refractivity (Wildman–Crippen MR) is 79.3 cm³/mol. The van der Waals surface area contributed by atoms with Crippen LogP contribution in [0.25, 0.3) is 0 Å². The molecule has 0 aliphatic rings. The van der Waals surface area contributed by atoms with E-state index in [2.05, 4.69) is 26.2 Å². The van der Waals surface area contributed by atoms with Gasteiger partial charge in [-0.3, -0.25) is 4.79 Å². The highest BCUT2D eigenvalue weighted by molar-refractivity contribution is 9.10. The fourth-order valence-electron chi connectivity index (χ4n) is 1.62. The first-order valence-electron chi connectivity index (χ1n) is 5.74. The van der Waals surface area contributed by atoms with Gasteiger partial charge in [0.25, 0.3) is 5.91 Å². The maximum absolute atomic E-state index is 12.0. The molecule has 0 bridgehead atoms. The van der Waals surface area contributed by atoms with E-state index in [-0.39, 0.29) is 11.9 Å². The summed E-state index contributed by atoms with van der Waals surface area (Å²) >= 11 is 9.07. The first-order valence-corrected chi connectivity index (χ1v) is 6.91.